The summed E-state index contributed by atoms with van der Waals surface area (Å²) in [6.45, 7) is 8.32. The lowest BCUT2D eigenvalue weighted by Crippen LogP contribution is -2.34. The summed E-state index contributed by atoms with van der Waals surface area (Å²) in [6, 6.07) is 12.8. The van der Waals surface area contributed by atoms with E-state index in [-0.39, 0.29) is 5.82 Å². The molecule has 1 aliphatic heterocycles. The number of aryl methyl sites for hydroxylation is 2. The molecular formula is C27H30FN7S. The number of aromatic nitrogens is 3. The maximum absolute atomic E-state index is 13.5. The number of rotatable bonds is 5. The zero-order valence-corrected chi connectivity index (χ0v) is 21.7. The Morgan fingerprint density at radius 1 is 1.17 bits per heavy atom. The Bertz CT molecular complexity index is 1410. The van der Waals surface area contributed by atoms with Gasteiger partial charge in [0.2, 0.25) is 0 Å². The summed E-state index contributed by atoms with van der Waals surface area (Å²) < 4.78 is 15.5. The highest BCUT2D eigenvalue weighted by Gasteiger charge is 2.23. The van der Waals surface area contributed by atoms with E-state index in [9.17, 15) is 9.65 Å². The summed E-state index contributed by atoms with van der Waals surface area (Å²) in [4.78, 5) is 9.84. The highest BCUT2D eigenvalue weighted by molar-refractivity contribution is 7.16. The average molecular weight is 504 g/mol. The van der Waals surface area contributed by atoms with E-state index >= 15 is 0 Å². The summed E-state index contributed by atoms with van der Waals surface area (Å²) in [5.41, 5.74) is 6.60. The maximum Gasteiger partial charge on any atom is 0.191 e. The van der Waals surface area contributed by atoms with Crippen LogP contribution in [-0.4, -0.2) is 47.8 Å². The van der Waals surface area contributed by atoms with E-state index < -0.39 is 0 Å². The number of pyridine rings is 1. The van der Waals surface area contributed by atoms with Crippen LogP contribution in [0, 0.1) is 24.1 Å². The third kappa shape index (κ3) is 4.54. The molecule has 4 aromatic rings. The van der Waals surface area contributed by atoms with E-state index in [0.29, 0.717) is 15.7 Å². The van der Waals surface area contributed by atoms with Crippen molar-refractivity contribution in [2.24, 2.45) is 0 Å². The second-order valence-corrected chi connectivity index (χ2v) is 10.1. The SMILES string of the molecule is CCc1nn2c(C)cc(N3CCCNCCC3)cc2c1N(C)c1nc(-c2ccc(F)cc2)c(C#N)s1. The van der Waals surface area contributed by atoms with Crippen molar-refractivity contribution in [3.8, 4) is 17.3 Å². The minimum atomic E-state index is -0.314. The molecule has 186 valence electrons. The predicted octanol–water partition coefficient (Wildman–Crippen LogP) is 5.30. The number of fused-ring (bicyclic) bond motifs is 1. The fourth-order valence-corrected chi connectivity index (χ4v) is 5.68. The Hall–Kier alpha value is -3.48. The highest BCUT2D eigenvalue weighted by atomic mass is 32.1. The van der Waals surface area contributed by atoms with Crippen LogP contribution in [0.3, 0.4) is 0 Å². The molecule has 0 bridgehead atoms. The van der Waals surface area contributed by atoms with Crippen LogP contribution in [0.25, 0.3) is 16.8 Å². The third-order valence-electron chi connectivity index (χ3n) is 6.66. The predicted molar refractivity (Wildman–Crippen MR) is 144 cm³/mol. The summed E-state index contributed by atoms with van der Waals surface area (Å²) in [5.74, 6) is -0.314. The van der Waals surface area contributed by atoms with Crippen LogP contribution >= 0.6 is 11.3 Å². The standard InChI is InChI=1S/C27H30FN7S/c1-4-22-26(33(3)27-31-25(24(17-29)36-27)19-7-9-20(28)10-8-19)23-16-21(15-18(2)35(23)32-22)34-13-5-11-30-12-6-14-34/h7-10,15-16,30H,4-6,11-14H2,1-3H3. The minimum Gasteiger partial charge on any atom is -0.371 e. The van der Waals surface area contributed by atoms with Crippen LogP contribution in [0.15, 0.2) is 36.4 Å². The zero-order valence-electron chi connectivity index (χ0n) is 20.9. The van der Waals surface area contributed by atoms with Crippen molar-refractivity contribution in [1.29, 1.82) is 5.26 Å². The van der Waals surface area contributed by atoms with Gasteiger partial charge in [-0.3, -0.25) is 0 Å². The Morgan fingerprint density at radius 3 is 2.56 bits per heavy atom. The van der Waals surface area contributed by atoms with Gasteiger partial charge in [0.15, 0.2) is 5.13 Å². The molecule has 5 rings (SSSR count). The highest BCUT2D eigenvalue weighted by Crippen LogP contribution is 2.39. The van der Waals surface area contributed by atoms with Crippen molar-refractivity contribution in [2.45, 2.75) is 33.1 Å². The van der Waals surface area contributed by atoms with Crippen molar-refractivity contribution in [2.75, 3.05) is 43.0 Å². The van der Waals surface area contributed by atoms with E-state index in [2.05, 4.69) is 42.3 Å². The first kappa shape index (κ1) is 24.2. The number of nitriles is 1. The number of hydrogen-bond acceptors (Lipinski definition) is 7. The van der Waals surface area contributed by atoms with Gasteiger partial charge in [-0.1, -0.05) is 18.3 Å². The minimum absolute atomic E-state index is 0.314. The lowest BCUT2D eigenvalue weighted by molar-refractivity contribution is 0.567. The fourth-order valence-electron chi connectivity index (χ4n) is 4.82. The van der Waals surface area contributed by atoms with Crippen LogP contribution in [0.2, 0.25) is 0 Å². The summed E-state index contributed by atoms with van der Waals surface area (Å²) in [5, 5.41) is 18.9. The smallest absolute Gasteiger partial charge is 0.191 e. The molecule has 1 saturated heterocycles. The van der Waals surface area contributed by atoms with Crippen molar-refractivity contribution in [1.82, 2.24) is 19.9 Å². The van der Waals surface area contributed by atoms with Gasteiger partial charge in [-0.25, -0.2) is 13.9 Å². The monoisotopic (exact) mass is 503 g/mol. The maximum atomic E-state index is 13.5. The number of hydrogen-bond donors (Lipinski definition) is 1. The van der Waals surface area contributed by atoms with Crippen molar-refractivity contribution in [3.63, 3.8) is 0 Å². The molecule has 1 aliphatic rings. The van der Waals surface area contributed by atoms with Crippen LogP contribution in [0.5, 0.6) is 0 Å². The molecule has 0 spiro atoms. The number of benzene rings is 1. The third-order valence-corrected chi connectivity index (χ3v) is 7.70. The van der Waals surface area contributed by atoms with Crippen LogP contribution < -0.4 is 15.1 Å². The fraction of sp³-hybridized carbons (Fsp3) is 0.370. The van der Waals surface area contributed by atoms with Gasteiger partial charge in [-0.15, -0.1) is 0 Å². The Morgan fingerprint density at radius 2 is 1.89 bits per heavy atom. The topological polar surface area (TPSA) is 72.5 Å². The molecule has 36 heavy (non-hydrogen) atoms. The van der Waals surface area contributed by atoms with Crippen LogP contribution in [0.1, 0.15) is 36.0 Å². The van der Waals surface area contributed by atoms with E-state index in [1.165, 1.54) is 29.2 Å². The second-order valence-electron chi connectivity index (χ2n) is 9.10. The van der Waals surface area contributed by atoms with Gasteiger partial charge in [0.1, 0.15) is 22.5 Å². The Kier molecular flexibility index (Phi) is 6.90. The summed E-state index contributed by atoms with van der Waals surface area (Å²) in [7, 11) is 1.98. The average Bonchev–Trinajstić information content (AvgIpc) is 3.46. The van der Waals surface area contributed by atoms with Gasteiger partial charge in [0.25, 0.3) is 0 Å². The van der Waals surface area contributed by atoms with Crippen molar-refractivity contribution < 1.29 is 4.39 Å². The Labute approximate surface area is 214 Å². The Balaban J connectivity index is 1.59. The quantitative estimate of drug-likeness (QED) is 0.399. The van der Waals surface area contributed by atoms with E-state index in [0.717, 1.165) is 73.6 Å². The van der Waals surface area contributed by atoms with Gasteiger partial charge < -0.3 is 15.1 Å². The van der Waals surface area contributed by atoms with Gasteiger partial charge >= 0.3 is 0 Å². The number of nitrogens with one attached hydrogen (secondary N) is 1. The van der Waals surface area contributed by atoms with Gasteiger partial charge in [0.05, 0.1) is 16.9 Å². The molecule has 9 heteroatoms. The first-order chi connectivity index (χ1) is 17.5. The first-order valence-electron chi connectivity index (χ1n) is 12.4. The number of halogens is 1. The lowest BCUT2D eigenvalue weighted by Gasteiger charge is -2.28. The largest absolute Gasteiger partial charge is 0.371 e. The molecule has 0 aliphatic carbocycles. The number of thiazole rings is 1. The molecule has 3 aromatic heterocycles. The van der Waals surface area contributed by atoms with E-state index in [1.54, 1.807) is 12.1 Å². The lowest BCUT2D eigenvalue weighted by atomic mass is 10.1. The number of anilines is 3. The molecule has 0 saturated carbocycles. The first-order valence-corrected chi connectivity index (χ1v) is 13.2. The van der Waals surface area contributed by atoms with E-state index in [1.807, 2.05) is 16.5 Å². The van der Waals surface area contributed by atoms with Gasteiger partial charge in [0, 0.05) is 37.1 Å². The zero-order chi connectivity index (χ0) is 25.2. The molecule has 4 heterocycles. The molecule has 7 nitrogen and oxygen atoms in total. The van der Waals surface area contributed by atoms with Gasteiger partial charge in [-0.2, -0.15) is 10.4 Å². The number of nitrogens with zero attached hydrogens (tertiary/aromatic N) is 6. The normalized spacial score (nSPS) is 14.5. The van der Waals surface area contributed by atoms with E-state index in [4.69, 9.17) is 10.1 Å². The molecule has 0 amide bonds. The van der Waals surface area contributed by atoms with Crippen molar-refractivity contribution >= 4 is 33.4 Å². The molecule has 1 fully saturated rings. The van der Waals surface area contributed by atoms with Crippen LogP contribution in [-0.2, 0) is 6.42 Å². The summed E-state index contributed by atoms with van der Waals surface area (Å²) in [6.07, 6.45) is 2.99. The summed E-state index contributed by atoms with van der Waals surface area (Å²) >= 11 is 1.34. The molecular weight excluding hydrogens is 473 g/mol. The molecule has 1 aromatic carbocycles. The second kappa shape index (κ2) is 10.2. The molecule has 0 atom stereocenters. The van der Waals surface area contributed by atoms with Crippen LogP contribution in [0.4, 0.5) is 20.9 Å². The van der Waals surface area contributed by atoms with Gasteiger partial charge in [-0.05, 0) is 75.7 Å². The van der Waals surface area contributed by atoms with Crippen molar-refractivity contribution in [3.05, 3.63) is 58.5 Å². The molecule has 0 radical (unpaired) electrons. The molecule has 1 N–H and O–H groups in total. The molecule has 0 unspecified atom stereocenters.